The van der Waals surface area contributed by atoms with E-state index in [1.54, 1.807) is 6.08 Å². The Balaban J connectivity index is 1.61. The number of rotatable bonds is 10. The molecule has 0 amide bonds. The Morgan fingerprint density at radius 2 is 1.90 bits per heavy atom. The van der Waals surface area contributed by atoms with Gasteiger partial charge in [-0.15, -0.1) is 5.10 Å². The predicted molar refractivity (Wildman–Crippen MR) is 111 cm³/mol. The SMILES string of the molecule is CCCOc1ccc(/C=C/C(=O)OCc2nnnn2-c2ccccc2)cc1OCC. The third kappa shape index (κ3) is 5.66. The third-order valence-electron chi connectivity index (χ3n) is 4.02. The molecule has 0 radical (unpaired) electrons. The van der Waals surface area contributed by atoms with Gasteiger partial charge in [0.15, 0.2) is 23.9 Å². The summed E-state index contributed by atoms with van der Waals surface area (Å²) in [4.78, 5) is 12.1. The van der Waals surface area contributed by atoms with Gasteiger partial charge < -0.3 is 14.2 Å². The van der Waals surface area contributed by atoms with Crippen molar-refractivity contribution in [2.45, 2.75) is 26.9 Å². The minimum Gasteiger partial charge on any atom is -0.490 e. The zero-order valence-electron chi connectivity index (χ0n) is 17.0. The van der Waals surface area contributed by atoms with Crippen LogP contribution in [0.3, 0.4) is 0 Å². The van der Waals surface area contributed by atoms with Gasteiger partial charge in [0.25, 0.3) is 0 Å². The molecule has 8 heteroatoms. The van der Waals surface area contributed by atoms with Gasteiger partial charge in [-0.1, -0.05) is 31.2 Å². The molecular formula is C22H24N4O4. The molecule has 0 aliphatic heterocycles. The lowest BCUT2D eigenvalue weighted by atomic mass is 10.2. The van der Waals surface area contributed by atoms with E-state index < -0.39 is 5.97 Å². The van der Waals surface area contributed by atoms with Crippen LogP contribution in [0.2, 0.25) is 0 Å². The van der Waals surface area contributed by atoms with Crippen LogP contribution in [0.15, 0.2) is 54.6 Å². The van der Waals surface area contributed by atoms with Gasteiger partial charge in [0.1, 0.15) is 0 Å². The van der Waals surface area contributed by atoms with Crippen molar-refractivity contribution in [3.63, 3.8) is 0 Å². The lowest BCUT2D eigenvalue weighted by Gasteiger charge is -2.12. The van der Waals surface area contributed by atoms with Crippen LogP contribution in [0.5, 0.6) is 11.5 Å². The van der Waals surface area contributed by atoms with Crippen LogP contribution < -0.4 is 9.47 Å². The highest BCUT2D eigenvalue weighted by atomic mass is 16.5. The number of carbonyl (C=O) groups is 1. The second-order valence-corrected chi connectivity index (χ2v) is 6.27. The lowest BCUT2D eigenvalue weighted by molar-refractivity contribution is -0.139. The first-order valence-corrected chi connectivity index (χ1v) is 9.78. The zero-order chi connectivity index (χ0) is 21.2. The highest BCUT2D eigenvalue weighted by Gasteiger charge is 2.10. The van der Waals surface area contributed by atoms with Gasteiger partial charge in [-0.25, -0.2) is 4.79 Å². The van der Waals surface area contributed by atoms with Crippen molar-refractivity contribution in [1.29, 1.82) is 0 Å². The van der Waals surface area contributed by atoms with E-state index in [4.69, 9.17) is 14.2 Å². The molecule has 0 N–H and O–H groups in total. The van der Waals surface area contributed by atoms with Crippen molar-refractivity contribution in [2.75, 3.05) is 13.2 Å². The molecule has 0 spiro atoms. The molecule has 0 unspecified atom stereocenters. The number of hydrogen-bond acceptors (Lipinski definition) is 7. The minimum atomic E-state index is -0.498. The molecule has 156 valence electrons. The monoisotopic (exact) mass is 408 g/mol. The Morgan fingerprint density at radius 3 is 2.67 bits per heavy atom. The predicted octanol–water partition coefficient (Wildman–Crippen LogP) is 3.61. The molecule has 0 aliphatic carbocycles. The van der Waals surface area contributed by atoms with Crippen LogP contribution >= 0.6 is 0 Å². The topological polar surface area (TPSA) is 88.4 Å². The zero-order valence-corrected chi connectivity index (χ0v) is 17.0. The van der Waals surface area contributed by atoms with Crippen LogP contribution in [0.1, 0.15) is 31.7 Å². The number of ether oxygens (including phenoxy) is 3. The average molecular weight is 408 g/mol. The van der Waals surface area contributed by atoms with Crippen molar-refractivity contribution >= 4 is 12.0 Å². The van der Waals surface area contributed by atoms with Crippen LogP contribution in [-0.2, 0) is 16.1 Å². The maximum Gasteiger partial charge on any atom is 0.331 e. The van der Waals surface area contributed by atoms with Gasteiger partial charge in [0, 0.05) is 6.08 Å². The Hall–Kier alpha value is -3.68. The Labute approximate surface area is 175 Å². The van der Waals surface area contributed by atoms with E-state index >= 15 is 0 Å². The summed E-state index contributed by atoms with van der Waals surface area (Å²) in [5.74, 6) is 1.26. The van der Waals surface area contributed by atoms with E-state index in [0.717, 1.165) is 17.7 Å². The smallest absolute Gasteiger partial charge is 0.331 e. The summed E-state index contributed by atoms with van der Waals surface area (Å²) < 4.78 is 18.1. The molecular weight excluding hydrogens is 384 g/mol. The molecule has 3 aromatic rings. The summed E-state index contributed by atoms with van der Waals surface area (Å²) in [6, 6.07) is 14.9. The fourth-order valence-electron chi connectivity index (χ4n) is 2.64. The fraction of sp³-hybridized carbons (Fsp3) is 0.273. The van der Waals surface area contributed by atoms with Crippen LogP contribution in [0.25, 0.3) is 11.8 Å². The first-order valence-electron chi connectivity index (χ1n) is 9.78. The van der Waals surface area contributed by atoms with Gasteiger partial charge in [-0.05, 0) is 59.7 Å². The van der Waals surface area contributed by atoms with E-state index in [1.165, 1.54) is 10.8 Å². The molecule has 0 bridgehead atoms. The molecule has 1 aromatic heterocycles. The summed E-state index contributed by atoms with van der Waals surface area (Å²) in [7, 11) is 0. The van der Waals surface area contributed by atoms with Crippen molar-refractivity contribution in [3.05, 3.63) is 66.0 Å². The molecule has 0 saturated carbocycles. The van der Waals surface area contributed by atoms with Crippen LogP contribution in [0.4, 0.5) is 0 Å². The van der Waals surface area contributed by atoms with Crippen molar-refractivity contribution < 1.29 is 19.0 Å². The number of carbonyl (C=O) groups excluding carboxylic acids is 1. The van der Waals surface area contributed by atoms with E-state index in [9.17, 15) is 4.79 Å². The molecule has 0 aliphatic rings. The third-order valence-corrected chi connectivity index (χ3v) is 4.02. The van der Waals surface area contributed by atoms with Crippen LogP contribution in [0, 0.1) is 0 Å². The molecule has 0 atom stereocenters. The summed E-state index contributed by atoms with van der Waals surface area (Å²) in [6.07, 6.45) is 3.93. The highest BCUT2D eigenvalue weighted by molar-refractivity contribution is 5.87. The molecule has 1 heterocycles. The summed E-state index contributed by atoms with van der Waals surface area (Å²) >= 11 is 0. The van der Waals surface area contributed by atoms with Crippen molar-refractivity contribution in [2.24, 2.45) is 0 Å². The quantitative estimate of drug-likeness (QED) is 0.374. The fourth-order valence-corrected chi connectivity index (χ4v) is 2.64. The average Bonchev–Trinajstić information content (AvgIpc) is 3.25. The number of esters is 1. The van der Waals surface area contributed by atoms with Crippen molar-refractivity contribution in [1.82, 2.24) is 20.2 Å². The van der Waals surface area contributed by atoms with E-state index in [-0.39, 0.29) is 6.61 Å². The summed E-state index contributed by atoms with van der Waals surface area (Å²) in [6.45, 7) is 5.05. The normalized spacial score (nSPS) is 10.9. The number of hydrogen-bond donors (Lipinski definition) is 0. The summed E-state index contributed by atoms with van der Waals surface area (Å²) in [5, 5.41) is 11.5. The second-order valence-electron chi connectivity index (χ2n) is 6.27. The molecule has 8 nitrogen and oxygen atoms in total. The number of nitrogens with zero attached hydrogens (tertiary/aromatic N) is 4. The lowest BCUT2D eigenvalue weighted by Crippen LogP contribution is -2.08. The van der Waals surface area contributed by atoms with Gasteiger partial charge >= 0.3 is 5.97 Å². The van der Waals surface area contributed by atoms with E-state index in [0.29, 0.717) is 30.5 Å². The molecule has 0 saturated heterocycles. The minimum absolute atomic E-state index is 0.0426. The number of para-hydroxylation sites is 1. The molecule has 3 rings (SSSR count). The number of tetrazole rings is 1. The number of benzene rings is 2. The largest absolute Gasteiger partial charge is 0.490 e. The molecule has 30 heavy (non-hydrogen) atoms. The maximum atomic E-state index is 12.1. The van der Waals surface area contributed by atoms with Gasteiger partial charge in [0.2, 0.25) is 0 Å². The first-order chi connectivity index (χ1) is 14.7. The summed E-state index contributed by atoms with van der Waals surface area (Å²) in [5.41, 5.74) is 1.59. The number of aromatic nitrogens is 4. The van der Waals surface area contributed by atoms with E-state index in [2.05, 4.69) is 15.5 Å². The Bertz CT molecular complexity index is 986. The Kier molecular flexibility index (Phi) is 7.54. The van der Waals surface area contributed by atoms with Gasteiger partial charge in [-0.2, -0.15) is 4.68 Å². The maximum absolute atomic E-state index is 12.1. The van der Waals surface area contributed by atoms with Crippen LogP contribution in [-0.4, -0.2) is 39.4 Å². The van der Waals surface area contributed by atoms with E-state index in [1.807, 2.05) is 62.4 Å². The van der Waals surface area contributed by atoms with Gasteiger partial charge in [-0.3, -0.25) is 0 Å². The second kappa shape index (κ2) is 10.8. The first kappa shape index (κ1) is 21.0. The highest BCUT2D eigenvalue weighted by Crippen LogP contribution is 2.29. The Morgan fingerprint density at radius 1 is 1.07 bits per heavy atom. The van der Waals surface area contributed by atoms with Gasteiger partial charge in [0.05, 0.1) is 18.9 Å². The standard InChI is InChI=1S/C22H24N4O4/c1-3-14-29-19-12-10-17(15-20(19)28-4-2)11-13-22(27)30-16-21-23-24-25-26(21)18-8-6-5-7-9-18/h5-13,15H,3-4,14,16H2,1-2H3/b13-11+. The van der Waals surface area contributed by atoms with Crippen molar-refractivity contribution in [3.8, 4) is 17.2 Å². The molecule has 0 fully saturated rings. The molecule has 2 aromatic carbocycles.